The second-order valence-corrected chi connectivity index (χ2v) is 3.50. The van der Waals surface area contributed by atoms with Crippen molar-refractivity contribution in [1.29, 1.82) is 0 Å². The van der Waals surface area contributed by atoms with Gasteiger partial charge in [0.15, 0.2) is 0 Å². The first kappa shape index (κ1) is 13.1. The second-order valence-electron chi connectivity index (χ2n) is 3.50. The predicted octanol–water partition coefficient (Wildman–Crippen LogP) is 0.682. The molecule has 11 heteroatoms. The molecule has 20 heavy (non-hydrogen) atoms. The molecule has 0 spiro atoms. The zero-order valence-corrected chi connectivity index (χ0v) is 9.65. The van der Waals surface area contributed by atoms with E-state index < -0.39 is 27.0 Å². The van der Waals surface area contributed by atoms with Crippen molar-refractivity contribution < 1.29 is 15.0 Å². The Bertz CT molecular complexity index is 695. The maximum atomic E-state index is 10.7. The number of aromatic nitrogens is 3. The fourth-order valence-corrected chi connectivity index (χ4v) is 1.35. The number of nitro groups is 2. The van der Waals surface area contributed by atoms with Gasteiger partial charge in [0.05, 0.1) is 27.7 Å². The van der Waals surface area contributed by atoms with Crippen LogP contribution in [0.15, 0.2) is 29.9 Å². The summed E-state index contributed by atoms with van der Waals surface area (Å²) in [5.41, 5.74) is -1.47. The molecule has 1 N–H and O–H groups in total. The fraction of sp³-hybridized carbons (Fsp3) is 0. The highest BCUT2D eigenvalue weighted by Crippen LogP contribution is 2.33. The van der Waals surface area contributed by atoms with Crippen LogP contribution in [0, 0.1) is 20.2 Å². The molecular formula is C9H6N6O5. The van der Waals surface area contributed by atoms with Gasteiger partial charge >= 0.3 is 5.69 Å². The first-order chi connectivity index (χ1) is 9.49. The Balaban J connectivity index is 2.51. The van der Waals surface area contributed by atoms with E-state index in [-0.39, 0.29) is 5.56 Å². The minimum Gasteiger partial charge on any atom is -0.502 e. The molecule has 0 aliphatic rings. The van der Waals surface area contributed by atoms with Crippen LogP contribution in [0.5, 0.6) is 5.75 Å². The second kappa shape index (κ2) is 5.09. The number of non-ortho nitro benzene ring substituents is 1. The Morgan fingerprint density at radius 1 is 1.20 bits per heavy atom. The number of nitrogens with zero attached hydrogens (tertiary/aromatic N) is 6. The van der Waals surface area contributed by atoms with Crippen LogP contribution in [-0.4, -0.2) is 36.0 Å². The zero-order valence-electron chi connectivity index (χ0n) is 9.65. The highest BCUT2D eigenvalue weighted by molar-refractivity contribution is 5.87. The van der Waals surface area contributed by atoms with Gasteiger partial charge in [0.1, 0.15) is 12.7 Å². The summed E-state index contributed by atoms with van der Waals surface area (Å²) in [6, 6.07) is 1.64. The van der Waals surface area contributed by atoms with E-state index >= 15 is 0 Å². The van der Waals surface area contributed by atoms with Crippen molar-refractivity contribution in [1.82, 2.24) is 14.9 Å². The van der Waals surface area contributed by atoms with Crippen LogP contribution in [-0.2, 0) is 0 Å². The van der Waals surface area contributed by atoms with E-state index in [1.807, 2.05) is 0 Å². The Morgan fingerprint density at radius 2 is 1.85 bits per heavy atom. The third-order valence-corrected chi connectivity index (χ3v) is 2.25. The van der Waals surface area contributed by atoms with E-state index in [0.29, 0.717) is 6.07 Å². The molecule has 11 nitrogen and oxygen atoms in total. The molecule has 2 rings (SSSR count). The summed E-state index contributed by atoms with van der Waals surface area (Å²) >= 11 is 0. The Labute approximate surface area is 110 Å². The lowest BCUT2D eigenvalue weighted by Gasteiger charge is -2.00. The molecule has 0 atom stereocenters. The topological polar surface area (TPSA) is 150 Å². The van der Waals surface area contributed by atoms with Crippen molar-refractivity contribution >= 4 is 17.6 Å². The summed E-state index contributed by atoms with van der Waals surface area (Å²) < 4.78 is 1.16. The van der Waals surface area contributed by atoms with Crippen LogP contribution in [0.25, 0.3) is 0 Å². The number of hydrogen-bond acceptors (Lipinski definition) is 8. The van der Waals surface area contributed by atoms with E-state index in [1.54, 1.807) is 0 Å². The number of phenolic OH excluding ortho intramolecular Hbond substituents is 1. The molecule has 0 aliphatic carbocycles. The molecule has 102 valence electrons. The first-order valence-electron chi connectivity index (χ1n) is 5.04. The van der Waals surface area contributed by atoms with Crippen LogP contribution in [0.2, 0.25) is 0 Å². The van der Waals surface area contributed by atoms with Gasteiger partial charge in [-0.25, -0.2) is 4.68 Å². The third-order valence-electron chi connectivity index (χ3n) is 2.25. The molecule has 0 amide bonds. The highest BCUT2D eigenvalue weighted by Gasteiger charge is 2.22. The molecule has 0 fully saturated rings. The van der Waals surface area contributed by atoms with Crippen molar-refractivity contribution in [3.05, 3.63) is 50.6 Å². The number of aromatic hydroxyl groups is 1. The average Bonchev–Trinajstić information content (AvgIpc) is 2.90. The van der Waals surface area contributed by atoms with Crippen molar-refractivity contribution in [3.8, 4) is 5.75 Å². The van der Waals surface area contributed by atoms with Crippen LogP contribution in [0.1, 0.15) is 5.56 Å². The molecule has 1 heterocycles. The third kappa shape index (κ3) is 2.55. The predicted molar refractivity (Wildman–Crippen MR) is 64.4 cm³/mol. The van der Waals surface area contributed by atoms with E-state index in [2.05, 4.69) is 15.3 Å². The monoisotopic (exact) mass is 278 g/mol. The average molecular weight is 278 g/mol. The van der Waals surface area contributed by atoms with Gasteiger partial charge in [0.25, 0.3) is 5.69 Å². The molecular weight excluding hydrogens is 272 g/mol. The van der Waals surface area contributed by atoms with Crippen LogP contribution >= 0.6 is 0 Å². The molecule has 1 aromatic heterocycles. The van der Waals surface area contributed by atoms with Gasteiger partial charge in [-0.15, -0.1) is 10.2 Å². The van der Waals surface area contributed by atoms with Gasteiger partial charge < -0.3 is 5.11 Å². The van der Waals surface area contributed by atoms with E-state index in [4.69, 9.17) is 0 Å². The number of hydrogen-bond donors (Lipinski definition) is 1. The van der Waals surface area contributed by atoms with E-state index in [9.17, 15) is 25.3 Å². The molecule has 0 unspecified atom stereocenters. The van der Waals surface area contributed by atoms with Crippen molar-refractivity contribution in [2.75, 3.05) is 0 Å². The zero-order chi connectivity index (χ0) is 14.7. The number of rotatable bonds is 4. The normalized spacial score (nSPS) is 10.8. The summed E-state index contributed by atoms with van der Waals surface area (Å²) in [4.78, 5) is 19.7. The maximum absolute atomic E-state index is 10.7. The van der Waals surface area contributed by atoms with Gasteiger partial charge in [0.2, 0.25) is 5.75 Å². The molecule has 0 saturated heterocycles. The van der Waals surface area contributed by atoms with Gasteiger partial charge in [-0.1, -0.05) is 0 Å². The van der Waals surface area contributed by atoms with Crippen LogP contribution in [0.3, 0.4) is 0 Å². The van der Waals surface area contributed by atoms with Gasteiger partial charge in [-0.05, 0) is 0 Å². The van der Waals surface area contributed by atoms with Gasteiger partial charge in [-0.3, -0.25) is 20.2 Å². The highest BCUT2D eigenvalue weighted by atomic mass is 16.6. The fourth-order valence-electron chi connectivity index (χ4n) is 1.35. The lowest BCUT2D eigenvalue weighted by Crippen LogP contribution is -1.97. The standard InChI is InChI=1S/C9H6N6O5/c16-9-6(3-12-13-4-10-11-5-13)1-7(14(17)18)2-8(9)15(19)20/h1-5,16H. The van der Waals surface area contributed by atoms with Crippen LogP contribution < -0.4 is 0 Å². The molecule has 0 saturated carbocycles. The van der Waals surface area contributed by atoms with Gasteiger partial charge in [-0.2, -0.15) is 5.10 Å². The molecule has 0 aliphatic heterocycles. The SMILES string of the molecule is O=[N+]([O-])c1cc(C=Nn2cnnc2)c(O)c([N+](=O)[O-])c1. The van der Waals surface area contributed by atoms with E-state index in [1.165, 1.54) is 12.7 Å². The van der Waals surface area contributed by atoms with Crippen LogP contribution in [0.4, 0.5) is 11.4 Å². The summed E-state index contributed by atoms with van der Waals surface area (Å²) in [7, 11) is 0. The van der Waals surface area contributed by atoms with Crippen molar-refractivity contribution in [2.24, 2.45) is 5.10 Å². The summed E-state index contributed by atoms with van der Waals surface area (Å²) in [6.07, 6.45) is 3.50. The minimum atomic E-state index is -0.918. The molecule has 1 aromatic carbocycles. The van der Waals surface area contributed by atoms with Crippen molar-refractivity contribution in [3.63, 3.8) is 0 Å². The molecule has 0 bridgehead atoms. The van der Waals surface area contributed by atoms with E-state index in [0.717, 1.165) is 17.0 Å². The Hall–Kier alpha value is -3.37. The smallest absolute Gasteiger partial charge is 0.318 e. The molecule has 2 aromatic rings. The quantitative estimate of drug-likeness (QED) is 0.490. The summed E-state index contributed by atoms with van der Waals surface area (Å²) in [5, 5.41) is 41.8. The molecule has 0 radical (unpaired) electrons. The lowest BCUT2D eigenvalue weighted by atomic mass is 10.1. The number of benzene rings is 1. The first-order valence-corrected chi connectivity index (χ1v) is 5.04. The van der Waals surface area contributed by atoms with Gasteiger partial charge in [0, 0.05) is 6.07 Å². The Morgan fingerprint density at radius 3 is 2.40 bits per heavy atom. The number of phenols is 1. The maximum Gasteiger partial charge on any atom is 0.318 e. The minimum absolute atomic E-state index is 0.167. The summed E-state index contributed by atoms with van der Waals surface area (Å²) in [5.74, 6) is -0.711. The largest absolute Gasteiger partial charge is 0.502 e. The summed E-state index contributed by atoms with van der Waals surface area (Å²) in [6.45, 7) is 0. The lowest BCUT2D eigenvalue weighted by molar-refractivity contribution is -0.394. The van der Waals surface area contributed by atoms with Crippen molar-refractivity contribution in [2.45, 2.75) is 0 Å². The Kier molecular flexibility index (Phi) is 3.33. The number of nitro benzene ring substituents is 2.